The van der Waals surface area contributed by atoms with Crippen molar-refractivity contribution in [2.45, 2.75) is 31.4 Å². The lowest BCUT2D eigenvalue weighted by Gasteiger charge is -2.36. The number of benzene rings is 1. The fraction of sp³-hybridized carbons (Fsp3) is 0.471. The van der Waals surface area contributed by atoms with Gasteiger partial charge in [-0.05, 0) is 37.5 Å². The van der Waals surface area contributed by atoms with Gasteiger partial charge in [0, 0.05) is 24.2 Å². The van der Waals surface area contributed by atoms with Gasteiger partial charge in [-0.2, -0.15) is 5.10 Å². The summed E-state index contributed by atoms with van der Waals surface area (Å²) in [6.07, 6.45) is 4.72. The molecular weight excluding hydrogens is 294 g/mol. The van der Waals surface area contributed by atoms with Crippen molar-refractivity contribution in [3.8, 4) is 22.8 Å². The van der Waals surface area contributed by atoms with Crippen molar-refractivity contribution < 1.29 is 14.6 Å². The van der Waals surface area contributed by atoms with Crippen LogP contribution < -0.4 is 14.8 Å². The van der Waals surface area contributed by atoms with Gasteiger partial charge in [-0.15, -0.1) is 0 Å². The highest BCUT2D eigenvalue weighted by Gasteiger charge is 2.33. The lowest BCUT2D eigenvalue weighted by molar-refractivity contribution is -0.0314. The van der Waals surface area contributed by atoms with Crippen molar-refractivity contribution in [3.05, 3.63) is 30.0 Å². The molecule has 4 rings (SSSR count). The molecule has 0 radical (unpaired) electrons. The Morgan fingerprint density at radius 1 is 1.22 bits per heavy atom. The Labute approximate surface area is 134 Å². The van der Waals surface area contributed by atoms with Gasteiger partial charge in [-0.25, -0.2) is 0 Å². The summed E-state index contributed by atoms with van der Waals surface area (Å²) in [6.45, 7) is 2.46. The average Bonchev–Trinajstić information content (AvgIpc) is 3.01. The van der Waals surface area contributed by atoms with E-state index in [9.17, 15) is 5.11 Å². The van der Waals surface area contributed by atoms with Crippen molar-refractivity contribution in [3.63, 3.8) is 0 Å². The van der Waals surface area contributed by atoms with Crippen molar-refractivity contribution in [2.75, 3.05) is 19.8 Å². The van der Waals surface area contributed by atoms with Gasteiger partial charge in [-0.3, -0.25) is 5.10 Å². The van der Waals surface area contributed by atoms with Gasteiger partial charge in [-0.1, -0.05) is 0 Å². The Kier molecular flexibility index (Phi) is 3.71. The zero-order valence-corrected chi connectivity index (χ0v) is 13.0. The molecule has 6 heteroatoms. The number of hydrogen-bond acceptors (Lipinski definition) is 5. The summed E-state index contributed by atoms with van der Waals surface area (Å²) in [5.41, 5.74) is 2.55. The lowest BCUT2D eigenvalue weighted by Crippen LogP contribution is -2.45. The molecule has 0 saturated heterocycles. The summed E-state index contributed by atoms with van der Waals surface area (Å²) in [6, 6.07) is 5.91. The fourth-order valence-corrected chi connectivity index (χ4v) is 3.09. The molecule has 0 unspecified atom stereocenters. The molecule has 1 saturated carbocycles. The van der Waals surface area contributed by atoms with Gasteiger partial charge in [0.1, 0.15) is 13.2 Å². The molecule has 1 aliphatic carbocycles. The van der Waals surface area contributed by atoms with E-state index in [0.717, 1.165) is 47.6 Å². The summed E-state index contributed by atoms with van der Waals surface area (Å²) >= 11 is 0. The smallest absolute Gasteiger partial charge is 0.162 e. The van der Waals surface area contributed by atoms with Crippen LogP contribution in [-0.2, 0) is 6.54 Å². The molecule has 6 nitrogen and oxygen atoms in total. The zero-order valence-electron chi connectivity index (χ0n) is 13.0. The first-order chi connectivity index (χ1) is 11.2. The average molecular weight is 315 g/mol. The molecule has 0 atom stereocenters. The second-order valence-corrected chi connectivity index (χ2v) is 6.31. The summed E-state index contributed by atoms with van der Waals surface area (Å²) in [5, 5.41) is 20.7. The van der Waals surface area contributed by atoms with E-state index in [1.807, 2.05) is 24.4 Å². The fourth-order valence-electron chi connectivity index (χ4n) is 3.09. The predicted octanol–water partition coefficient (Wildman–Crippen LogP) is 1.85. The number of H-pyrrole nitrogens is 1. The van der Waals surface area contributed by atoms with E-state index in [4.69, 9.17) is 9.47 Å². The first kappa shape index (κ1) is 14.5. The number of rotatable bonds is 5. The summed E-state index contributed by atoms with van der Waals surface area (Å²) in [5.74, 6) is 1.55. The van der Waals surface area contributed by atoms with Gasteiger partial charge in [0.05, 0.1) is 17.5 Å². The molecule has 2 aliphatic rings. The molecule has 3 N–H and O–H groups in total. The van der Waals surface area contributed by atoms with Crippen LogP contribution in [0.2, 0.25) is 0 Å². The summed E-state index contributed by atoms with van der Waals surface area (Å²) in [7, 11) is 0. The third-order valence-electron chi connectivity index (χ3n) is 4.60. The second kappa shape index (κ2) is 5.86. The molecular formula is C17H21N3O3. The van der Waals surface area contributed by atoms with E-state index in [0.29, 0.717) is 26.3 Å². The number of aromatic amines is 1. The number of nitrogens with zero attached hydrogens (tertiary/aromatic N) is 1. The Balaban J connectivity index is 1.48. The van der Waals surface area contributed by atoms with Crippen LogP contribution in [0.1, 0.15) is 24.8 Å². The van der Waals surface area contributed by atoms with Crippen molar-refractivity contribution >= 4 is 0 Å². The molecule has 2 aromatic rings. The van der Waals surface area contributed by atoms with Gasteiger partial charge in [0.2, 0.25) is 0 Å². The zero-order chi connectivity index (χ0) is 15.7. The minimum atomic E-state index is -0.513. The number of ether oxygens (including phenoxy) is 2. The number of aromatic nitrogens is 2. The van der Waals surface area contributed by atoms with Crippen LogP contribution in [0.15, 0.2) is 24.4 Å². The minimum Gasteiger partial charge on any atom is -0.486 e. The van der Waals surface area contributed by atoms with Crippen LogP contribution in [-0.4, -0.2) is 40.7 Å². The maximum atomic E-state index is 10.1. The van der Waals surface area contributed by atoms with E-state index in [1.165, 1.54) is 0 Å². The normalized spacial score (nSPS) is 18.5. The van der Waals surface area contributed by atoms with Gasteiger partial charge < -0.3 is 19.9 Å². The van der Waals surface area contributed by atoms with Crippen molar-refractivity contribution in [1.82, 2.24) is 15.5 Å². The standard InChI is InChI=1S/C17H21N3O3/c21-17(4-1-5-17)11-18-9-13-10-19-20-16(13)12-2-3-14-15(8-12)23-7-6-22-14/h2-3,8,10,18,21H,1,4-7,9,11H2,(H,19,20). The monoisotopic (exact) mass is 315 g/mol. The Morgan fingerprint density at radius 2 is 2.04 bits per heavy atom. The van der Waals surface area contributed by atoms with E-state index in [1.54, 1.807) is 0 Å². The van der Waals surface area contributed by atoms with Crippen LogP contribution >= 0.6 is 0 Å². The molecule has 0 spiro atoms. The van der Waals surface area contributed by atoms with E-state index < -0.39 is 5.60 Å². The SMILES string of the molecule is OC1(CNCc2cn[nH]c2-c2ccc3c(c2)OCCO3)CCC1. The Morgan fingerprint density at radius 3 is 2.83 bits per heavy atom. The van der Waals surface area contributed by atoms with Crippen LogP contribution in [0, 0.1) is 0 Å². The largest absolute Gasteiger partial charge is 0.486 e. The molecule has 0 bridgehead atoms. The quantitative estimate of drug-likeness (QED) is 0.785. The Bertz CT molecular complexity index is 694. The molecule has 1 aliphatic heterocycles. The van der Waals surface area contributed by atoms with Crippen LogP contribution in [0.25, 0.3) is 11.3 Å². The highest BCUT2D eigenvalue weighted by molar-refractivity contribution is 5.66. The van der Waals surface area contributed by atoms with Gasteiger partial charge >= 0.3 is 0 Å². The maximum Gasteiger partial charge on any atom is 0.162 e. The number of fused-ring (bicyclic) bond motifs is 1. The van der Waals surface area contributed by atoms with Crippen molar-refractivity contribution in [1.29, 1.82) is 0 Å². The summed E-state index contributed by atoms with van der Waals surface area (Å²) < 4.78 is 11.2. The van der Waals surface area contributed by atoms with E-state index in [2.05, 4.69) is 15.5 Å². The lowest BCUT2D eigenvalue weighted by atomic mass is 9.80. The van der Waals surface area contributed by atoms with E-state index >= 15 is 0 Å². The molecule has 1 aromatic heterocycles. The highest BCUT2D eigenvalue weighted by atomic mass is 16.6. The Hall–Kier alpha value is -2.05. The first-order valence-corrected chi connectivity index (χ1v) is 8.09. The van der Waals surface area contributed by atoms with Crippen LogP contribution in [0.4, 0.5) is 0 Å². The van der Waals surface area contributed by atoms with E-state index in [-0.39, 0.29) is 0 Å². The molecule has 2 heterocycles. The third kappa shape index (κ3) is 2.92. The van der Waals surface area contributed by atoms with Crippen LogP contribution in [0.5, 0.6) is 11.5 Å². The third-order valence-corrected chi connectivity index (χ3v) is 4.60. The predicted molar refractivity (Wildman–Crippen MR) is 85.5 cm³/mol. The first-order valence-electron chi connectivity index (χ1n) is 8.09. The van der Waals surface area contributed by atoms with Crippen molar-refractivity contribution in [2.24, 2.45) is 0 Å². The summed E-state index contributed by atoms with van der Waals surface area (Å²) in [4.78, 5) is 0. The number of hydrogen-bond donors (Lipinski definition) is 3. The molecule has 1 aromatic carbocycles. The topological polar surface area (TPSA) is 79.4 Å². The molecule has 23 heavy (non-hydrogen) atoms. The second-order valence-electron chi connectivity index (χ2n) is 6.31. The molecule has 1 fully saturated rings. The number of aliphatic hydroxyl groups is 1. The molecule has 122 valence electrons. The highest BCUT2D eigenvalue weighted by Crippen LogP contribution is 2.35. The maximum absolute atomic E-state index is 10.1. The molecule has 0 amide bonds. The number of nitrogens with one attached hydrogen (secondary N) is 2. The minimum absolute atomic E-state index is 0.513. The van der Waals surface area contributed by atoms with Gasteiger partial charge in [0.15, 0.2) is 11.5 Å². The van der Waals surface area contributed by atoms with Crippen LogP contribution in [0.3, 0.4) is 0 Å². The van der Waals surface area contributed by atoms with Gasteiger partial charge in [0.25, 0.3) is 0 Å².